The van der Waals surface area contributed by atoms with Gasteiger partial charge in [0.15, 0.2) is 0 Å². The number of amides is 2. The summed E-state index contributed by atoms with van der Waals surface area (Å²) in [4.78, 5) is 35.3. The van der Waals surface area contributed by atoms with E-state index in [1.165, 1.54) is 31.2 Å². The molecular formula is C31H42N4O2. The number of nitrogens with one attached hydrogen (secondary N) is 1. The molecule has 5 rings (SSSR count). The molecule has 2 aliphatic heterocycles. The zero-order valence-electron chi connectivity index (χ0n) is 22.1. The average molecular weight is 503 g/mol. The molecule has 1 aromatic heterocycles. The molecule has 3 aliphatic rings. The van der Waals surface area contributed by atoms with Crippen LogP contribution in [0.25, 0.3) is 0 Å². The molecule has 2 amide bonds. The van der Waals surface area contributed by atoms with Crippen molar-refractivity contribution in [2.75, 3.05) is 26.2 Å². The number of hydrogen-bond acceptors (Lipinski definition) is 4. The molecule has 3 fully saturated rings. The lowest BCUT2D eigenvalue weighted by Crippen LogP contribution is -2.45. The van der Waals surface area contributed by atoms with Gasteiger partial charge in [-0.15, -0.1) is 0 Å². The van der Waals surface area contributed by atoms with E-state index in [0.717, 1.165) is 70.3 Å². The van der Waals surface area contributed by atoms with Crippen LogP contribution < -0.4 is 5.32 Å². The lowest BCUT2D eigenvalue weighted by atomic mass is 9.77. The third-order valence-electron chi connectivity index (χ3n) is 8.99. The predicted octanol–water partition coefficient (Wildman–Crippen LogP) is 5.11. The number of carbonyl (C=O) groups excluding carboxylic acids is 2. The van der Waals surface area contributed by atoms with Crippen molar-refractivity contribution in [3.8, 4) is 0 Å². The Bertz CT molecular complexity index is 1010. The van der Waals surface area contributed by atoms with E-state index in [4.69, 9.17) is 0 Å². The molecule has 1 saturated carbocycles. The summed E-state index contributed by atoms with van der Waals surface area (Å²) in [5, 5.41) is 3.42. The van der Waals surface area contributed by atoms with E-state index in [1.54, 1.807) is 6.20 Å². The van der Waals surface area contributed by atoms with Crippen LogP contribution in [0.15, 0.2) is 54.9 Å². The van der Waals surface area contributed by atoms with Crippen LogP contribution in [-0.2, 0) is 16.1 Å². The van der Waals surface area contributed by atoms with Crippen LogP contribution in [0, 0.1) is 11.3 Å². The Kier molecular flexibility index (Phi) is 8.55. The Morgan fingerprint density at radius 2 is 1.70 bits per heavy atom. The fourth-order valence-electron chi connectivity index (χ4n) is 6.57. The van der Waals surface area contributed by atoms with E-state index in [9.17, 15) is 9.59 Å². The molecule has 6 nitrogen and oxygen atoms in total. The number of aromatic nitrogens is 1. The first-order valence-electron chi connectivity index (χ1n) is 14.4. The molecule has 0 bridgehead atoms. The summed E-state index contributed by atoms with van der Waals surface area (Å²) in [5.74, 6) is 0.721. The van der Waals surface area contributed by atoms with E-state index in [-0.39, 0.29) is 23.3 Å². The highest BCUT2D eigenvalue weighted by Crippen LogP contribution is 2.42. The molecule has 0 radical (unpaired) electrons. The SMILES string of the molecule is O=C(NC(CCN1CCC2(CC1)CCN(Cc1cccnc1)C2=O)c1ccccc1)C1CCCCCC1. The second kappa shape index (κ2) is 12.2. The van der Waals surface area contributed by atoms with Crippen LogP contribution in [0.1, 0.15) is 81.4 Å². The van der Waals surface area contributed by atoms with Gasteiger partial charge >= 0.3 is 0 Å². The van der Waals surface area contributed by atoms with Crippen molar-refractivity contribution >= 4 is 11.8 Å². The van der Waals surface area contributed by atoms with Crippen LogP contribution in [-0.4, -0.2) is 52.8 Å². The first kappa shape index (κ1) is 25.9. The molecule has 1 atom stereocenters. The van der Waals surface area contributed by atoms with E-state index in [2.05, 4.69) is 39.5 Å². The Balaban J connectivity index is 1.15. The maximum absolute atomic E-state index is 13.4. The quantitative estimate of drug-likeness (QED) is 0.509. The number of hydrogen-bond donors (Lipinski definition) is 1. The fraction of sp³-hybridized carbons (Fsp3) is 0.581. The van der Waals surface area contributed by atoms with Crippen LogP contribution >= 0.6 is 0 Å². The van der Waals surface area contributed by atoms with Crippen molar-refractivity contribution in [3.05, 3.63) is 66.0 Å². The summed E-state index contributed by atoms with van der Waals surface area (Å²) in [7, 11) is 0. The molecular weight excluding hydrogens is 460 g/mol. The van der Waals surface area contributed by atoms with Gasteiger partial charge in [0.1, 0.15) is 0 Å². The van der Waals surface area contributed by atoms with Crippen molar-refractivity contribution < 1.29 is 9.59 Å². The first-order chi connectivity index (χ1) is 18.1. The maximum Gasteiger partial charge on any atom is 0.229 e. The molecule has 1 spiro atoms. The molecule has 1 N–H and O–H groups in total. The number of carbonyl (C=O) groups is 2. The van der Waals surface area contributed by atoms with Crippen LogP contribution in [0.4, 0.5) is 0 Å². The summed E-state index contributed by atoms with van der Waals surface area (Å²) in [6.07, 6.45) is 14.2. The Morgan fingerprint density at radius 1 is 0.973 bits per heavy atom. The van der Waals surface area contributed by atoms with Gasteiger partial charge < -0.3 is 15.1 Å². The number of likely N-dealkylation sites (tertiary alicyclic amines) is 2. The topological polar surface area (TPSA) is 65.5 Å². The highest BCUT2D eigenvalue weighted by molar-refractivity contribution is 5.85. The average Bonchev–Trinajstić information content (AvgIpc) is 3.11. The van der Waals surface area contributed by atoms with Gasteiger partial charge in [-0.05, 0) is 68.8 Å². The van der Waals surface area contributed by atoms with Gasteiger partial charge in [0.25, 0.3) is 0 Å². The second-order valence-electron chi connectivity index (χ2n) is 11.4. The number of rotatable bonds is 8. The van der Waals surface area contributed by atoms with E-state index < -0.39 is 0 Å². The van der Waals surface area contributed by atoms with Crippen LogP contribution in [0.2, 0.25) is 0 Å². The van der Waals surface area contributed by atoms with Crippen molar-refractivity contribution in [1.82, 2.24) is 20.1 Å². The Hall–Kier alpha value is -2.73. The normalized spacial score (nSPS) is 21.6. The number of piperidine rings is 1. The van der Waals surface area contributed by atoms with Crippen molar-refractivity contribution in [1.29, 1.82) is 0 Å². The Labute approximate surface area is 221 Å². The summed E-state index contributed by atoms with van der Waals surface area (Å²) in [5.41, 5.74) is 2.10. The molecule has 1 unspecified atom stereocenters. The molecule has 1 aromatic carbocycles. The lowest BCUT2D eigenvalue weighted by molar-refractivity contribution is -0.139. The van der Waals surface area contributed by atoms with Gasteiger partial charge in [-0.25, -0.2) is 0 Å². The molecule has 1 aliphatic carbocycles. The van der Waals surface area contributed by atoms with Crippen molar-refractivity contribution in [2.45, 2.75) is 76.8 Å². The van der Waals surface area contributed by atoms with Gasteiger partial charge in [-0.2, -0.15) is 0 Å². The predicted molar refractivity (Wildman–Crippen MR) is 146 cm³/mol. The summed E-state index contributed by atoms with van der Waals surface area (Å²) < 4.78 is 0. The zero-order chi connectivity index (χ0) is 25.5. The highest BCUT2D eigenvalue weighted by Gasteiger charge is 2.47. The number of nitrogens with zero attached hydrogens (tertiary/aromatic N) is 3. The van der Waals surface area contributed by atoms with Crippen molar-refractivity contribution in [2.24, 2.45) is 11.3 Å². The largest absolute Gasteiger partial charge is 0.349 e. The van der Waals surface area contributed by atoms with E-state index in [0.29, 0.717) is 12.5 Å². The van der Waals surface area contributed by atoms with Gasteiger partial charge in [-0.1, -0.05) is 62.1 Å². The van der Waals surface area contributed by atoms with Gasteiger partial charge in [0, 0.05) is 37.9 Å². The summed E-state index contributed by atoms with van der Waals surface area (Å²) >= 11 is 0. The molecule has 3 heterocycles. The lowest BCUT2D eigenvalue weighted by Gasteiger charge is -2.38. The standard InChI is InChI=1S/C31H42N4O2/c36-29(27-12-4-1-2-5-13-27)33-28(26-10-6-3-7-11-26)14-19-34-20-15-31(16-21-34)17-22-35(30(31)37)24-25-9-8-18-32-23-25/h3,6-11,18,23,27-28H,1-2,4-5,12-17,19-22,24H2,(H,33,36). The molecule has 2 saturated heterocycles. The third kappa shape index (κ3) is 6.40. The smallest absolute Gasteiger partial charge is 0.229 e. The fourth-order valence-corrected chi connectivity index (χ4v) is 6.57. The number of pyridine rings is 1. The summed E-state index contributed by atoms with van der Waals surface area (Å²) in [6.45, 7) is 4.35. The Morgan fingerprint density at radius 3 is 2.41 bits per heavy atom. The van der Waals surface area contributed by atoms with Gasteiger partial charge in [0.2, 0.25) is 11.8 Å². The third-order valence-corrected chi connectivity index (χ3v) is 8.99. The number of benzene rings is 1. The molecule has 37 heavy (non-hydrogen) atoms. The van der Waals surface area contributed by atoms with Gasteiger partial charge in [0.05, 0.1) is 11.5 Å². The maximum atomic E-state index is 13.4. The van der Waals surface area contributed by atoms with Gasteiger partial charge in [-0.3, -0.25) is 14.6 Å². The zero-order valence-corrected chi connectivity index (χ0v) is 22.1. The minimum absolute atomic E-state index is 0.0379. The summed E-state index contributed by atoms with van der Waals surface area (Å²) in [6, 6.07) is 14.5. The highest BCUT2D eigenvalue weighted by atomic mass is 16.2. The van der Waals surface area contributed by atoms with Crippen LogP contribution in [0.5, 0.6) is 0 Å². The monoisotopic (exact) mass is 502 g/mol. The second-order valence-corrected chi connectivity index (χ2v) is 11.4. The molecule has 198 valence electrons. The minimum Gasteiger partial charge on any atom is -0.349 e. The van der Waals surface area contributed by atoms with E-state index in [1.807, 2.05) is 29.3 Å². The molecule has 2 aromatic rings. The van der Waals surface area contributed by atoms with E-state index >= 15 is 0 Å². The first-order valence-corrected chi connectivity index (χ1v) is 14.4. The minimum atomic E-state index is -0.189. The molecule has 6 heteroatoms. The van der Waals surface area contributed by atoms with Crippen LogP contribution in [0.3, 0.4) is 0 Å². The van der Waals surface area contributed by atoms with Crippen molar-refractivity contribution in [3.63, 3.8) is 0 Å².